The van der Waals surface area contributed by atoms with Crippen molar-refractivity contribution in [2.75, 3.05) is 0 Å². The van der Waals surface area contributed by atoms with Crippen molar-refractivity contribution < 1.29 is 5.21 Å². The second-order valence-electron chi connectivity index (χ2n) is 1.38. The van der Waals surface area contributed by atoms with Crippen LogP contribution in [0.15, 0.2) is 23.7 Å². The molecule has 0 aliphatic heterocycles. The highest BCUT2D eigenvalue weighted by atomic mass is 16.4. The molecule has 0 bridgehead atoms. The summed E-state index contributed by atoms with van der Waals surface area (Å²) in [6, 6.07) is 1.64. The van der Waals surface area contributed by atoms with Gasteiger partial charge >= 0.3 is 0 Å². The second-order valence-corrected chi connectivity index (χ2v) is 1.38. The van der Waals surface area contributed by atoms with Gasteiger partial charge in [0.15, 0.2) is 0 Å². The molecule has 0 aromatic carbocycles. The smallest absolute Gasteiger partial charge is 0.116 e. The summed E-state index contributed by atoms with van der Waals surface area (Å²) in [5.41, 5.74) is 0.590. The minimum absolute atomic E-state index is 0.590. The lowest BCUT2D eigenvalue weighted by molar-refractivity contribution is 0.321. The van der Waals surface area contributed by atoms with E-state index in [-0.39, 0.29) is 0 Å². The van der Waals surface area contributed by atoms with Gasteiger partial charge in [0.1, 0.15) is 6.33 Å². The number of aromatic nitrogens is 2. The van der Waals surface area contributed by atoms with Crippen LogP contribution in [0.4, 0.5) is 0 Å². The molecule has 0 spiro atoms. The molecule has 0 saturated carbocycles. The molecule has 0 aliphatic rings. The van der Waals surface area contributed by atoms with E-state index in [1.165, 1.54) is 12.5 Å². The molecule has 1 aromatic heterocycles. The minimum Gasteiger partial charge on any atom is -0.411 e. The van der Waals surface area contributed by atoms with Gasteiger partial charge in [-0.15, -0.1) is 0 Å². The van der Waals surface area contributed by atoms with Gasteiger partial charge in [-0.25, -0.2) is 9.97 Å². The Morgan fingerprint density at radius 2 is 2.56 bits per heavy atom. The summed E-state index contributed by atoms with van der Waals surface area (Å²) < 4.78 is 0. The maximum absolute atomic E-state index is 8.03. The first kappa shape index (κ1) is 5.68. The fourth-order valence-electron chi connectivity index (χ4n) is 0.436. The topological polar surface area (TPSA) is 58.4 Å². The molecule has 0 radical (unpaired) electrons. The molecule has 1 N–H and O–H groups in total. The van der Waals surface area contributed by atoms with Crippen molar-refractivity contribution in [3.8, 4) is 0 Å². The van der Waals surface area contributed by atoms with Crippen molar-refractivity contribution in [2.45, 2.75) is 0 Å². The normalized spacial score (nSPS) is 10.2. The lowest BCUT2D eigenvalue weighted by atomic mass is 10.4. The summed E-state index contributed by atoms with van der Waals surface area (Å²) in [5.74, 6) is 0. The molecule has 0 amide bonds. The van der Waals surface area contributed by atoms with Gasteiger partial charge in [0.05, 0.1) is 11.9 Å². The van der Waals surface area contributed by atoms with Crippen molar-refractivity contribution in [3.05, 3.63) is 24.3 Å². The standard InChI is InChI=1S/C5H5N3O/c9-8-3-5-1-2-6-4-7-5/h1-4,9H/b8-3-. The lowest BCUT2D eigenvalue weighted by Gasteiger charge is -1.84. The van der Waals surface area contributed by atoms with Crippen molar-refractivity contribution in [2.24, 2.45) is 5.16 Å². The van der Waals surface area contributed by atoms with E-state index in [1.807, 2.05) is 0 Å². The Labute approximate surface area is 51.9 Å². The van der Waals surface area contributed by atoms with Gasteiger partial charge in [-0.3, -0.25) is 0 Å². The number of hydrogen-bond donors (Lipinski definition) is 1. The Hall–Kier alpha value is -1.45. The number of oxime groups is 1. The van der Waals surface area contributed by atoms with Crippen LogP contribution in [0.3, 0.4) is 0 Å². The molecule has 1 aromatic rings. The summed E-state index contributed by atoms with van der Waals surface area (Å²) in [4.78, 5) is 7.42. The van der Waals surface area contributed by atoms with Crippen LogP contribution >= 0.6 is 0 Å². The Morgan fingerprint density at radius 3 is 3.11 bits per heavy atom. The van der Waals surface area contributed by atoms with Crippen LogP contribution < -0.4 is 0 Å². The van der Waals surface area contributed by atoms with Gasteiger partial charge < -0.3 is 5.21 Å². The summed E-state index contributed by atoms with van der Waals surface area (Å²) in [6.45, 7) is 0. The van der Waals surface area contributed by atoms with Crippen LogP contribution in [0.2, 0.25) is 0 Å². The van der Waals surface area contributed by atoms with Gasteiger partial charge in [-0.2, -0.15) is 0 Å². The molecule has 1 heterocycles. The molecule has 46 valence electrons. The molecule has 9 heavy (non-hydrogen) atoms. The summed E-state index contributed by atoms with van der Waals surface area (Å²) in [6.07, 6.45) is 4.20. The minimum atomic E-state index is 0.590. The van der Waals surface area contributed by atoms with E-state index in [9.17, 15) is 0 Å². The van der Waals surface area contributed by atoms with E-state index in [4.69, 9.17) is 5.21 Å². The quantitative estimate of drug-likeness (QED) is 0.331. The molecule has 1 rings (SSSR count). The van der Waals surface area contributed by atoms with Gasteiger partial charge in [0, 0.05) is 6.20 Å². The van der Waals surface area contributed by atoms with Crippen LogP contribution in [-0.4, -0.2) is 21.4 Å². The summed E-state index contributed by atoms with van der Waals surface area (Å²) >= 11 is 0. The Morgan fingerprint density at radius 1 is 1.67 bits per heavy atom. The first-order valence-corrected chi connectivity index (χ1v) is 2.37. The maximum atomic E-state index is 8.03. The van der Waals surface area contributed by atoms with E-state index in [0.717, 1.165) is 0 Å². The van der Waals surface area contributed by atoms with Gasteiger partial charge in [0.2, 0.25) is 0 Å². The summed E-state index contributed by atoms with van der Waals surface area (Å²) in [5, 5.41) is 10.8. The third kappa shape index (κ3) is 1.49. The highest BCUT2D eigenvalue weighted by Gasteiger charge is 1.82. The van der Waals surface area contributed by atoms with Crippen LogP contribution in [0.25, 0.3) is 0 Å². The maximum Gasteiger partial charge on any atom is 0.116 e. The highest BCUT2D eigenvalue weighted by molar-refractivity contribution is 5.75. The molecule has 4 nitrogen and oxygen atoms in total. The number of hydrogen-bond acceptors (Lipinski definition) is 4. The number of nitrogens with zero attached hydrogens (tertiary/aromatic N) is 3. The van der Waals surface area contributed by atoms with Crippen LogP contribution in [0.5, 0.6) is 0 Å². The predicted octanol–water partition coefficient (Wildman–Crippen LogP) is 0.285. The number of rotatable bonds is 1. The van der Waals surface area contributed by atoms with Crippen LogP contribution in [-0.2, 0) is 0 Å². The average Bonchev–Trinajstić information content (AvgIpc) is 1.91. The second kappa shape index (κ2) is 2.76. The zero-order valence-corrected chi connectivity index (χ0v) is 4.60. The molecule has 0 atom stereocenters. The van der Waals surface area contributed by atoms with Crippen molar-refractivity contribution in [1.82, 2.24) is 9.97 Å². The SMILES string of the molecule is O/N=C\c1ccncn1. The first-order chi connectivity index (χ1) is 4.43. The van der Waals surface area contributed by atoms with Gasteiger partial charge in [-0.05, 0) is 6.07 Å². The molecular weight excluding hydrogens is 118 g/mol. The van der Waals surface area contributed by atoms with Crippen LogP contribution in [0, 0.1) is 0 Å². The molecule has 0 saturated heterocycles. The Bertz CT molecular complexity index is 197. The van der Waals surface area contributed by atoms with Crippen LogP contribution in [0.1, 0.15) is 5.69 Å². The molecule has 0 fully saturated rings. The van der Waals surface area contributed by atoms with E-state index >= 15 is 0 Å². The summed E-state index contributed by atoms with van der Waals surface area (Å²) in [7, 11) is 0. The van der Waals surface area contributed by atoms with E-state index in [1.54, 1.807) is 12.3 Å². The first-order valence-electron chi connectivity index (χ1n) is 2.37. The molecule has 0 aliphatic carbocycles. The highest BCUT2D eigenvalue weighted by Crippen LogP contribution is 1.83. The fraction of sp³-hybridized carbons (Fsp3) is 0. The van der Waals surface area contributed by atoms with Crippen molar-refractivity contribution in [3.63, 3.8) is 0 Å². The van der Waals surface area contributed by atoms with Crippen molar-refractivity contribution >= 4 is 6.21 Å². The third-order valence-electron chi connectivity index (χ3n) is 0.795. The predicted molar refractivity (Wildman–Crippen MR) is 31.4 cm³/mol. The zero-order valence-electron chi connectivity index (χ0n) is 4.60. The lowest BCUT2D eigenvalue weighted by Crippen LogP contribution is -1.85. The average molecular weight is 123 g/mol. The molecular formula is C5H5N3O. The van der Waals surface area contributed by atoms with E-state index < -0.39 is 0 Å². The molecule has 4 heteroatoms. The van der Waals surface area contributed by atoms with E-state index in [2.05, 4.69) is 15.1 Å². The zero-order chi connectivity index (χ0) is 6.53. The Balaban J connectivity index is 2.85. The van der Waals surface area contributed by atoms with Gasteiger partial charge in [-0.1, -0.05) is 5.16 Å². The monoisotopic (exact) mass is 123 g/mol. The molecule has 0 unspecified atom stereocenters. The van der Waals surface area contributed by atoms with E-state index in [0.29, 0.717) is 5.69 Å². The third-order valence-corrected chi connectivity index (χ3v) is 0.795. The van der Waals surface area contributed by atoms with Crippen molar-refractivity contribution in [1.29, 1.82) is 0 Å². The van der Waals surface area contributed by atoms with Gasteiger partial charge in [0.25, 0.3) is 0 Å². The Kier molecular flexibility index (Phi) is 1.74. The fourth-order valence-corrected chi connectivity index (χ4v) is 0.436. The largest absolute Gasteiger partial charge is 0.411 e.